The van der Waals surface area contributed by atoms with Gasteiger partial charge in [-0.1, -0.05) is 0 Å². The van der Waals surface area contributed by atoms with Crippen LogP contribution >= 0.6 is 0 Å². The standard InChI is InChI=1S/C15H14N2O5/c1-9-10(8-16)14(19)17(5-7-21-2)15(20)12(9)13(18)11-4-3-6-22-11/h3-4,6,20H,5,7H2,1-2H3. The number of aromatic hydroxyl groups is 1. The van der Waals surface area contributed by atoms with Crippen molar-refractivity contribution in [3.8, 4) is 11.9 Å². The van der Waals surface area contributed by atoms with Crippen LogP contribution < -0.4 is 5.56 Å². The summed E-state index contributed by atoms with van der Waals surface area (Å²) >= 11 is 0. The summed E-state index contributed by atoms with van der Waals surface area (Å²) in [7, 11) is 1.44. The second kappa shape index (κ2) is 6.28. The minimum atomic E-state index is -0.662. The number of hydrogen-bond acceptors (Lipinski definition) is 6. The zero-order chi connectivity index (χ0) is 16.3. The first-order valence-electron chi connectivity index (χ1n) is 6.46. The van der Waals surface area contributed by atoms with Gasteiger partial charge in [0.1, 0.15) is 11.6 Å². The molecular formula is C15H14N2O5. The molecule has 0 aliphatic carbocycles. The molecule has 0 aromatic carbocycles. The predicted octanol–water partition coefficient (Wildman–Crippen LogP) is 1.20. The summed E-state index contributed by atoms with van der Waals surface area (Å²) in [5.41, 5.74) is -0.850. The second-order valence-corrected chi connectivity index (χ2v) is 4.57. The molecule has 1 N–H and O–H groups in total. The first kappa shape index (κ1) is 15.5. The number of ether oxygens (including phenoxy) is 1. The molecule has 7 heteroatoms. The van der Waals surface area contributed by atoms with Crippen molar-refractivity contribution in [2.45, 2.75) is 13.5 Å². The van der Waals surface area contributed by atoms with E-state index in [1.165, 1.54) is 32.4 Å². The van der Waals surface area contributed by atoms with Crippen molar-refractivity contribution in [1.82, 2.24) is 4.57 Å². The molecule has 7 nitrogen and oxygen atoms in total. The summed E-state index contributed by atoms with van der Waals surface area (Å²) in [6.07, 6.45) is 1.33. The van der Waals surface area contributed by atoms with E-state index in [4.69, 9.17) is 14.4 Å². The first-order chi connectivity index (χ1) is 10.5. The van der Waals surface area contributed by atoms with E-state index in [1.54, 1.807) is 6.07 Å². The Balaban J connectivity index is 2.71. The molecule has 2 heterocycles. The van der Waals surface area contributed by atoms with E-state index in [9.17, 15) is 14.7 Å². The number of ketones is 1. The van der Waals surface area contributed by atoms with E-state index in [1.807, 2.05) is 0 Å². The maximum atomic E-state index is 12.4. The highest BCUT2D eigenvalue weighted by Gasteiger charge is 2.25. The van der Waals surface area contributed by atoms with Crippen molar-refractivity contribution >= 4 is 5.78 Å². The van der Waals surface area contributed by atoms with Gasteiger partial charge in [0.15, 0.2) is 5.76 Å². The van der Waals surface area contributed by atoms with Crippen LogP contribution in [0.3, 0.4) is 0 Å². The van der Waals surface area contributed by atoms with Crippen LogP contribution in [0.5, 0.6) is 5.88 Å². The number of carbonyl (C=O) groups excluding carboxylic acids is 1. The van der Waals surface area contributed by atoms with Gasteiger partial charge in [-0.15, -0.1) is 0 Å². The third-order valence-corrected chi connectivity index (χ3v) is 3.29. The number of rotatable bonds is 5. The SMILES string of the molecule is COCCn1c(O)c(C(=O)c2ccco2)c(C)c(C#N)c1=O. The fourth-order valence-corrected chi connectivity index (χ4v) is 2.14. The predicted molar refractivity (Wildman–Crippen MR) is 75.8 cm³/mol. The Morgan fingerprint density at radius 1 is 1.55 bits per heavy atom. The van der Waals surface area contributed by atoms with Gasteiger partial charge in [-0.05, 0) is 24.6 Å². The number of carbonyl (C=O) groups is 1. The molecule has 2 aromatic heterocycles. The number of nitrogens with zero attached hydrogens (tertiary/aromatic N) is 2. The number of aromatic nitrogens is 1. The third kappa shape index (κ3) is 2.52. The van der Waals surface area contributed by atoms with Gasteiger partial charge in [-0.3, -0.25) is 14.2 Å². The molecule has 22 heavy (non-hydrogen) atoms. The molecule has 114 valence electrons. The molecule has 0 bridgehead atoms. The average molecular weight is 302 g/mol. The van der Waals surface area contributed by atoms with Crippen LogP contribution in [0.1, 0.15) is 27.2 Å². The highest BCUT2D eigenvalue weighted by molar-refractivity contribution is 6.09. The highest BCUT2D eigenvalue weighted by Crippen LogP contribution is 2.24. The number of furan rings is 1. The zero-order valence-corrected chi connectivity index (χ0v) is 12.1. The van der Waals surface area contributed by atoms with Crippen LogP contribution in [0.4, 0.5) is 0 Å². The van der Waals surface area contributed by atoms with Gasteiger partial charge < -0.3 is 14.3 Å². The maximum absolute atomic E-state index is 12.4. The lowest BCUT2D eigenvalue weighted by Crippen LogP contribution is -2.28. The largest absolute Gasteiger partial charge is 0.494 e. The Hall–Kier alpha value is -2.85. The fraction of sp³-hybridized carbons (Fsp3) is 0.267. The van der Waals surface area contributed by atoms with Crippen molar-refractivity contribution in [1.29, 1.82) is 5.26 Å². The quantitative estimate of drug-likeness (QED) is 0.832. The topological polar surface area (TPSA) is 105 Å². The normalized spacial score (nSPS) is 10.4. The van der Waals surface area contributed by atoms with Crippen LogP contribution in [0.2, 0.25) is 0 Å². The molecular weight excluding hydrogens is 288 g/mol. The summed E-state index contributed by atoms with van der Waals surface area (Å²) in [4.78, 5) is 24.6. The molecule has 0 unspecified atom stereocenters. The lowest BCUT2D eigenvalue weighted by molar-refractivity contribution is 0.100. The van der Waals surface area contributed by atoms with Crippen molar-refractivity contribution in [3.63, 3.8) is 0 Å². The van der Waals surface area contributed by atoms with Crippen LogP contribution in [-0.4, -0.2) is 29.2 Å². The number of pyridine rings is 1. The average Bonchev–Trinajstić information content (AvgIpc) is 3.01. The monoisotopic (exact) mass is 302 g/mol. The summed E-state index contributed by atoms with van der Waals surface area (Å²) < 4.78 is 10.9. The van der Waals surface area contributed by atoms with Crippen LogP contribution in [0, 0.1) is 18.3 Å². The van der Waals surface area contributed by atoms with Crippen LogP contribution in [-0.2, 0) is 11.3 Å². The molecule has 2 aromatic rings. The molecule has 0 fully saturated rings. The lowest BCUT2D eigenvalue weighted by Gasteiger charge is -2.14. The van der Waals surface area contributed by atoms with Gasteiger partial charge in [0, 0.05) is 7.11 Å². The van der Waals surface area contributed by atoms with Gasteiger partial charge in [-0.25, -0.2) is 0 Å². The maximum Gasteiger partial charge on any atom is 0.271 e. The van der Waals surface area contributed by atoms with Crippen LogP contribution in [0.25, 0.3) is 0 Å². The zero-order valence-electron chi connectivity index (χ0n) is 12.1. The first-order valence-corrected chi connectivity index (χ1v) is 6.46. The Labute approximate surface area is 126 Å². The smallest absolute Gasteiger partial charge is 0.271 e. The van der Waals surface area contributed by atoms with Gasteiger partial charge in [0.25, 0.3) is 5.56 Å². The van der Waals surface area contributed by atoms with E-state index in [-0.39, 0.29) is 35.6 Å². The Kier molecular flexibility index (Phi) is 4.44. The molecule has 0 radical (unpaired) electrons. The minimum Gasteiger partial charge on any atom is -0.494 e. The summed E-state index contributed by atoms with van der Waals surface area (Å²) in [6, 6.07) is 4.76. The van der Waals surface area contributed by atoms with Gasteiger partial charge in [-0.2, -0.15) is 5.26 Å². The van der Waals surface area contributed by atoms with Gasteiger partial charge >= 0.3 is 0 Å². The lowest BCUT2D eigenvalue weighted by atomic mass is 10.0. The number of methoxy groups -OCH3 is 1. The van der Waals surface area contributed by atoms with E-state index in [2.05, 4.69) is 0 Å². The van der Waals surface area contributed by atoms with E-state index in [0.717, 1.165) is 4.57 Å². The molecule has 2 rings (SSSR count). The number of hydrogen-bond donors (Lipinski definition) is 1. The highest BCUT2D eigenvalue weighted by atomic mass is 16.5. The van der Waals surface area contributed by atoms with Crippen molar-refractivity contribution in [2.75, 3.05) is 13.7 Å². The Bertz CT molecular complexity index is 797. The molecule has 0 saturated carbocycles. The van der Waals surface area contributed by atoms with E-state index in [0.29, 0.717) is 0 Å². The second-order valence-electron chi connectivity index (χ2n) is 4.57. The number of nitriles is 1. The summed E-state index contributed by atoms with van der Waals surface area (Å²) in [6.45, 7) is 1.61. The molecule has 0 aliphatic heterocycles. The molecule has 0 saturated heterocycles. The fourth-order valence-electron chi connectivity index (χ4n) is 2.14. The summed E-state index contributed by atoms with van der Waals surface area (Å²) in [5, 5.41) is 19.5. The third-order valence-electron chi connectivity index (χ3n) is 3.29. The van der Waals surface area contributed by atoms with Gasteiger partial charge in [0.05, 0.1) is 25.0 Å². The molecule has 0 atom stereocenters. The minimum absolute atomic E-state index is 0.0132. The molecule has 0 amide bonds. The molecule has 0 spiro atoms. The van der Waals surface area contributed by atoms with Crippen LogP contribution in [0.15, 0.2) is 27.6 Å². The van der Waals surface area contributed by atoms with Crippen molar-refractivity contribution in [2.24, 2.45) is 0 Å². The molecule has 0 aliphatic rings. The summed E-state index contributed by atoms with van der Waals surface area (Å²) in [5.74, 6) is -1.08. The van der Waals surface area contributed by atoms with Crippen molar-refractivity contribution in [3.05, 3.63) is 51.2 Å². The Morgan fingerprint density at radius 2 is 2.27 bits per heavy atom. The van der Waals surface area contributed by atoms with E-state index < -0.39 is 17.2 Å². The van der Waals surface area contributed by atoms with E-state index >= 15 is 0 Å². The van der Waals surface area contributed by atoms with Crippen molar-refractivity contribution < 1.29 is 19.1 Å². The van der Waals surface area contributed by atoms with Gasteiger partial charge in [0.2, 0.25) is 11.7 Å². The Morgan fingerprint density at radius 3 is 2.82 bits per heavy atom.